The lowest BCUT2D eigenvalue weighted by atomic mass is 10.1. The van der Waals surface area contributed by atoms with E-state index >= 15 is 0 Å². The molecule has 0 fully saturated rings. The molecular formula is C13H17N3O2. The van der Waals surface area contributed by atoms with E-state index in [0.717, 1.165) is 10.9 Å². The lowest BCUT2D eigenvalue weighted by Crippen LogP contribution is -2.32. The molecule has 1 atom stereocenters. The van der Waals surface area contributed by atoms with Gasteiger partial charge in [-0.3, -0.25) is 9.89 Å². The van der Waals surface area contributed by atoms with Gasteiger partial charge in [0.1, 0.15) is 0 Å². The number of H-pyrrole nitrogens is 1. The van der Waals surface area contributed by atoms with E-state index in [4.69, 9.17) is 4.74 Å². The zero-order valence-corrected chi connectivity index (χ0v) is 10.6. The predicted molar refractivity (Wildman–Crippen MR) is 69.5 cm³/mol. The van der Waals surface area contributed by atoms with E-state index in [0.29, 0.717) is 18.7 Å². The van der Waals surface area contributed by atoms with E-state index in [1.165, 1.54) is 0 Å². The van der Waals surface area contributed by atoms with Crippen molar-refractivity contribution in [2.45, 2.75) is 20.0 Å². The van der Waals surface area contributed by atoms with Crippen molar-refractivity contribution in [3.63, 3.8) is 0 Å². The Kier molecular flexibility index (Phi) is 3.94. The van der Waals surface area contributed by atoms with Gasteiger partial charge >= 0.3 is 0 Å². The summed E-state index contributed by atoms with van der Waals surface area (Å²) >= 11 is 0. The molecule has 2 rings (SSSR count). The summed E-state index contributed by atoms with van der Waals surface area (Å²) in [6.45, 7) is 5.02. The molecule has 0 bridgehead atoms. The summed E-state index contributed by atoms with van der Waals surface area (Å²) in [6, 6.07) is 5.46. The first-order valence-corrected chi connectivity index (χ1v) is 6.03. The number of rotatable bonds is 5. The van der Waals surface area contributed by atoms with Gasteiger partial charge in [-0.2, -0.15) is 5.10 Å². The van der Waals surface area contributed by atoms with Gasteiger partial charge in [-0.05, 0) is 26.0 Å². The van der Waals surface area contributed by atoms with Crippen LogP contribution in [-0.4, -0.2) is 35.4 Å². The van der Waals surface area contributed by atoms with Gasteiger partial charge in [-0.25, -0.2) is 0 Å². The third-order valence-corrected chi connectivity index (χ3v) is 2.71. The molecule has 0 spiro atoms. The minimum Gasteiger partial charge on any atom is -0.377 e. The van der Waals surface area contributed by atoms with Crippen LogP contribution in [0.15, 0.2) is 24.4 Å². The summed E-state index contributed by atoms with van der Waals surface area (Å²) in [4.78, 5) is 11.9. The number of hydrogen-bond donors (Lipinski definition) is 2. The highest BCUT2D eigenvalue weighted by Gasteiger charge is 2.08. The Bertz CT molecular complexity index is 536. The average Bonchev–Trinajstić information content (AvgIpc) is 2.83. The number of nitrogens with one attached hydrogen (secondary N) is 2. The van der Waals surface area contributed by atoms with E-state index in [-0.39, 0.29) is 12.0 Å². The second-order valence-corrected chi connectivity index (χ2v) is 4.15. The van der Waals surface area contributed by atoms with Crippen molar-refractivity contribution < 1.29 is 9.53 Å². The second-order valence-electron chi connectivity index (χ2n) is 4.15. The fourth-order valence-corrected chi connectivity index (χ4v) is 1.76. The smallest absolute Gasteiger partial charge is 0.251 e. The van der Waals surface area contributed by atoms with Crippen LogP contribution in [0.5, 0.6) is 0 Å². The first-order valence-electron chi connectivity index (χ1n) is 6.03. The van der Waals surface area contributed by atoms with Gasteiger partial charge < -0.3 is 10.1 Å². The number of hydrogen-bond acceptors (Lipinski definition) is 3. The first-order chi connectivity index (χ1) is 8.70. The molecule has 1 heterocycles. The molecule has 0 saturated heterocycles. The molecule has 1 aromatic carbocycles. The SMILES string of the molecule is CCOC(C)CNC(=O)c1ccc2cn[nH]c2c1. The monoisotopic (exact) mass is 247 g/mol. The molecule has 96 valence electrons. The number of carbonyl (C=O) groups is 1. The molecular weight excluding hydrogens is 230 g/mol. The maximum atomic E-state index is 11.9. The third kappa shape index (κ3) is 2.87. The Labute approximate surface area is 106 Å². The van der Waals surface area contributed by atoms with Gasteiger partial charge in [0.25, 0.3) is 5.91 Å². The minimum absolute atomic E-state index is 0.0230. The molecule has 0 aliphatic rings. The molecule has 0 radical (unpaired) electrons. The van der Waals surface area contributed by atoms with Crippen LogP contribution >= 0.6 is 0 Å². The van der Waals surface area contributed by atoms with Crippen LogP contribution < -0.4 is 5.32 Å². The average molecular weight is 247 g/mol. The van der Waals surface area contributed by atoms with Gasteiger partial charge in [0.2, 0.25) is 0 Å². The number of benzene rings is 1. The van der Waals surface area contributed by atoms with E-state index in [9.17, 15) is 4.79 Å². The third-order valence-electron chi connectivity index (χ3n) is 2.71. The van der Waals surface area contributed by atoms with Crippen LogP contribution in [0.25, 0.3) is 10.9 Å². The Morgan fingerprint density at radius 1 is 1.56 bits per heavy atom. The Hall–Kier alpha value is -1.88. The molecule has 2 aromatic rings. The minimum atomic E-state index is -0.0990. The van der Waals surface area contributed by atoms with Crippen LogP contribution in [0.2, 0.25) is 0 Å². The number of amides is 1. The number of aromatic nitrogens is 2. The molecule has 5 nitrogen and oxygen atoms in total. The quantitative estimate of drug-likeness (QED) is 0.845. The van der Waals surface area contributed by atoms with E-state index in [1.54, 1.807) is 18.3 Å². The standard InChI is InChI=1S/C13H17N3O2/c1-3-18-9(2)7-14-13(17)10-4-5-11-8-15-16-12(11)6-10/h4-6,8-9H,3,7H2,1-2H3,(H,14,17)(H,15,16). The zero-order chi connectivity index (χ0) is 13.0. The molecule has 5 heteroatoms. The Morgan fingerprint density at radius 2 is 2.39 bits per heavy atom. The van der Waals surface area contributed by atoms with E-state index in [2.05, 4.69) is 15.5 Å². The summed E-state index contributed by atoms with van der Waals surface area (Å²) in [6.07, 6.45) is 1.75. The Balaban J connectivity index is 1.99. The molecule has 0 aliphatic carbocycles. The molecule has 2 N–H and O–H groups in total. The maximum absolute atomic E-state index is 11.9. The number of carbonyl (C=O) groups excluding carboxylic acids is 1. The zero-order valence-electron chi connectivity index (χ0n) is 10.6. The van der Waals surface area contributed by atoms with Crippen molar-refractivity contribution in [1.29, 1.82) is 0 Å². The second kappa shape index (κ2) is 5.64. The van der Waals surface area contributed by atoms with Crippen molar-refractivity contribution in [2.24, 2.45) is 0 Å². The summed E-state index contributed by atoms with van der Waals surface area (Å²) < 4.78 is 5.36. The van der Waals surface area contributed by atoms with Crippen LogP contribution in [-0.2, 0) is 4.74 Å². The predicted octanol–water partition coefficient (Wildman–Crippen LogP) is 1.72. The number of aromatic amines is 1. The van der Waals surface area contributed by atoms with Crippen molar-refractivity contribution in [3.05, 3.63) is 30.0 Å². The summed E-state index contributed by atoms with van der Waals surface area (Å²) in [7, 11) is 0. The number of ether oxygens (including phenoxy) is 1. The topological polar surface area (TPSA) is 67.0 Å². The lowest BCUT2D eigenvalue weighted by Gasteiger charge is -2.12. The van der Waals surface area contributed by atoms with E-state index < -0.39 is 0 Å². The highest BCUT2D eigenvalue weighted by molar-refractivity contribution is 5.97. The largest absolute Gasteiger partial charge is 0.377 e. The van der Waals surface area contributed by atoms with Crippen molar-refractivity contribution in [3.8, 4) is 0 Å². The van der Waals surface area contributed by atoms with Crippen molar-refractivity contribution in [2.75, 3.05) is 13.2 Å². The number of nitrogens with zero attached hydrogens (tertiary/aromatic N) is 1. The van der Waals surface area contributed by atoms with Gasteiger partial charge in [0, 0.05) is 24.1 Å². The van der Waals surface area contributed by atoms with Crippen LogP contribution in [0.3, 0.4) is 0 Å². The van der Waals surface area contributed by atoms with Crippen LogP contribution in [0.1, 0.15) is 24.2 Å². The van der Waals surface area contributed by atoms with Gasteiger partial charge in [0.15, 0.2) is 0 Å². The fraction of sp³-hybridized carbons (Fsp3) is 0.385. The first kappa shape index (κ1) is 12.6. The highest BCUT2D eigenvalue weighted by atomic mass is 16.5. The Morgan fingerprint density at radius 3 is 3.17 bits per heavy atom. The van der Waals surface area contributed by atoms with Gasteiger partial charge in [-0.1, -0.05) is 6.07 Å². The normalized spacial score (nSPS) is 12.6. The van der Waals surface area contributed by atoms with Crippen molar-refractivity contribution in [1.82, 2.24) is 15.5 Å². The van der Waals surface area contributed by atoms with Gasteiger partial charge in [0.05, 0.1) is 17.8 Å². The maximum Gasteiger partial charge on any atom is 0.251 e. The summed E-state index contributed by atoms with van der Waals surface area (Å²) in [5, 5.41) is 10.6. The molecule has 1 amide bonds. The molecule has 18 heavy (non-hydrogen) atoms. The van der Waals surface area contributed by atoms with Crippen LogP contribution in [0.4, 0.5) is 0 Å². The van der Waals surface area contributed by atoms with E-state index in [1.807, 2.05) is 19.9 Å². The molecule has 1 unspecified atom stereocenters. The van der Waals surface area contributed by atoms with Crippen LogP contribution in [0, 0.1) is 0 Å². The summed E-state index contributed by atoms with van der Waals surface area (Å²) in [5.41, 5.74) is 1.48. The van der Waals surface area contributed by atoms with Gasteiger partial charge in [-0.15, -0.1) is 0 Å². The lowest BCUT2D eigenvalue weighted by molar-refractivity contribution is 0.0695. The molecule has 1 aromatic heterocycles. The highest BCUT2D eigenvalue weighted by Crippen LogP contribution is 2.12. The summed E-state index contributed by atoms with van der Waals surface area (Å²) in [5.74, 6) is -0.0990. The molecule has 0 aliphatic heterocycles. The van der Waals surface area contributed by atoms with Crippen molar-refractivity contribution >= 4 is 16.8 Å². The fourth-order valence-electron chi connectivity index (χ4n) is 1.76. The molecule has 0 saturated carbocycles. The number of fused-ring (bicyclic) bond motifs is 1.